The number of carbonyl (C=O) groups is 2. The van der Waals surface area contributed by atoms with Crippen LogP contribution in [0.25, 0.3) is 0 Å². The van der Waals surface area contributed by atoms with Crippen LogP contribution in [0.4, 0.5) is 5.00 Å². The van der Waals surface area contributed by atoms with Crippen molar-refractivity contribution in [2.24, 2.45) is 0 Å². The van der Waals surface area contributed by atoms with Gasteiger partial charge in [0.1, 0.15) is 5.00 Å². The first kappa shape index (κ1) is 24.2. The number of methoxy groups -OCH3 is 1. The number of hydrogen-bond acceptors (Lipinski definition) is 8. The molecule has 0 radical (unpaired) electrons. The van der Waals surface area contributed by atoms with Crippen molar-refractivity contribution in [3.05, 3.63) is 39.8 Å². The molecule has 2 aliphatic heterocycles. The predicted octanol–water partition coefficient (Wildman–Crippen LogP) is 2.79. The molecular formula is C23H28N4O5S2. The Labute approximate surface area is 208 Å². The van der Waals surface area contributed by atoms with E-state index in [1.807, 2.05) is 12.1 Å². The smallest absolute Gasteiger partial charge is 0.341 e. The second-order valence-corrected chi connectivity index (χ2v) is 9.74. The van der Waals surface area contributed by atoms with Crippen LogP contribution in [0, 0.1) is 6.92 Å². The number of fused-ring (bicyclic) bond motifs is 1. The van der Waals surface area contributed by atoms with Gasteiger partial charge in [0, 0.05) is 46.8 Å². The Hall–Kier alpha value is -2.89. The molecule has 1 N–H and O–H groups in total. The maximum Gasteiger partial charge on any atom is 0.341 e. The van der Waals surface area contributed by atoms with Crippen LogP contribution in [-0.2, 0) is 11.3 Å². The van der Waals surface area contributed by atoms with Crippen molar-refractivity contribution < 1.29 is 23.8 Å². The summed E-state index contributed by atoms with van der Waals surface area (Å²) in [7, 11) is 4.69. The van der Waals surface area contributed by atoms with Gasteiger partial charge in [0.2, 0.25) is 6.79 Å². The molecule has 0 saturated carbocycles. The maximum absolute atomic E-state index is 12.6. The fourth-order valence-electron chi connectivity index (χ4n) is 3.94. The molecule has 0 unspecified atom stereocenters. The highest BCUT2D eigenvalue weighted by molar-refractivity contribution is 7.80. The van der Waals surface area contributed by atoms with Gasteiger partial charge in [-0.05, 0) is 42.4 Å². The first-order valence-corrected chi connectivity index (χ1v) is 12.1. The van der Waals surface area contributed by atoms with Gasteiger partial charge in [0.05, 0.1) is 17.6 Å². The third kappa shape index (κ3) is 4.96. The van der Waals surface area contributed by atoms with E-state index in [0.717, 1.165) is 44.2 Å². The van der Waals surface area contributed by atoms with Gasteiger partial charge in [-0.1, -0.05) is 6.07 Å². The summed E-state index contributed by atoms with van der Waals surface area (Å²) in [6, 6.07) is 6.04. The van der Waals surface area contributed by atoms with Crippen LogP contribution >= 0.6 is 23.6 Å². The van der Waals surface area contributed by atoms with E-state index in [-0.39, 0.29) is 12.7 Å². The zero-order valence-corrected chi connectivity index (χ0v) is 21.3. The van der Waals surface area contributed by atoms with Gasteiger partial charge < -0.3 is 29.3 Å². The summed E-state index contributed by atoms with van der Waals surface area (Å²) in [6.07, 6.45) is 0. The highest BCUT2D eigenvalue weighted by Crippen LogP contribution is 2.35. The summed E-state index contributed by atoms with van der Waals surface area (Å²) >= 11 is 6.88. The summed E-state index contributed by atoms with van der Waals surface area (Å²) in [5, 5.41) is 4.25. The van der Waals surface area contributed by atoms with Gasteiger partial charge in [-0.3, -0.25) is 9.69 Å². The second-order valence-electron chi connectivity index (χ2n) is 8.33. The Balaban J connectivity index is 1.39. The average molecular weight is 505 g/mol. The van der Waals surface area contributed by atoms with Crippen LogP contribution in [-0.4, -0.2) is 85.9 Å². The number of esters is 1. The minimum atomic E-state index is -0.495. The lowest BCUT2D eigenvalue weighted by atomic mass is 10.1. The number of benzene rings is 1. The number of rotatable bonds is 5. The highest BCUT2D eigenvalue weighted by Gasteiger charge is 2.28. The largest absolute Gasteiger partial charge is 0.465 e. The van der Waals surface area contributed by atoms with E-state index in [9.17, 15) is 9.59 Å². The molecule has 34 heavy (non-hydrogen) atoms. The molecular weight excluding hydrogens is 476 g/mol. The number of amides is 1. The quantitative estimate of drug-likeness (QED) is 0.488. The van der Waals surface area contributed by atoms with Gasteiger partial charge in [0.15, 0.2) is 16.6 Å². The van der Waals surface area contributed by atoms with Crippen molar-refractivity contribution in [3.63, 3.8) is 0 Å². The van der Waals surface area contributed by atoms with E-state index >= 15 is 0 Å². The van der Waals surface area contributed by atoms with Gasteiger partial charge >= 0.3 is 5.97 Å². The van der Waals surface area contributed by atoms with Crippen LogP contribution in [0.5, 0.6) is 11.5 Å². The third-order valence-corrected chi connectivity index (χ3v) is 7.42. The molecule has 9 nitrogen and oxygen atoms in total. The summed E-state index contributed by atoms with van der Waals surface area (Å²) in [4.78, 5) is 31.4. The molecule has 1 amide bonds. The standard InChI is InChI=1S/C23H28N4O5S2/c1-14-18(22(29)30-4)20(34-19(14)21(28)25(2)3)24-23(33)27-9-7-26(8-10-27)12-15-5-6-16-17(11-15)32-13-31-16/h5-6,11H,7-10,12-13H2,1-4H3,(H,24,33). The number of nitrogens with one attached hydrogen (secondary N) is 1. The van der Waals surface area contributed by atoms with Gasteiger partial charge in [-0.25, -0.2) is 4.79 Å². The van der Waals surface area contributed by atoms with Crippen molar-refractivity contribution in [2.45, 2.75) is 13.5 Å². The molecule has 11 heteroatoms. The summed E-state index contributed by atoms with van der Waals surface area (Å²) in [5.74, 6) is 0.922. The van der Waals surface area contributed by atoms with E-state index in [0.29, 0.717) is 26.1 Å². The number of thiocarbonyl (C=S) groups is 1. The van der Waals surface area contributed by atoms with Crippen LogP contribution in [0.2, 0.25) is 0 Å². The van der Waals surface area contributed by atoms with Crippen LogP contribution in [0.1, 0.15) is 31.2 Å². The molecule has 1 aromatic heterocycles. The lowest BCUT2D eigenvalue weighted by molar-refractivity contribution is 0.0601. The van der Waals surface area contributed by atoms with Gasteiger partial charge in [-0.15, -0.1) is 11.3 Å². The van der Waals surface area contributed by atoms with Crippen molar-refractivity contribution in [1.29, 1.82) is 0 Å². The normalized spacial score (nSPS) is 15.2. The first-order valence-electron chi connectivity index (χ1n) is 10.9. The zero-order chi connectivity index (χ0) is 24.4. The number of thiophene rings is 1. The minimum Gasteiger partial charge on any atom is -0.465 e. The monoisotopic (exact) mass is 504 g/mol. The topological polar surface area (TPSA) is 83.6 Å². The number of anilines is 1. The number of hydrogen-bond donors (Lipinski definition) is 1. The van der Waals surface area contributed by atoms with E-state index in [1.165, 1.54) is 28.9 Å². The molecule has 0 aliphatic carbocycles. The van der Waals surface area contributed by atoms with Crippen molar-refractivity contribution in [3.8, 4) is 11.5 Å². The minimum absolute atomic E-state index is 0.163. The Kier molecular flexibility index (Phi) is 7.24. The molecule has 0 atom stereocenters. The summed E-state index contributed by atoms with van der Waals surface area (Å²) in [6.45, 7) is 6.02. The Morgan fingerprint density at radius 1 is 1.18 bits per heavy atom. The van der Waals surface area contributed by atoms with Crippen molar-refractivity contribution >= 4 is 45.5 Å². The van der Waals surface area contributed by atoms with Crippen molar-refractivity contribution in [2.75, 3.05) is 59.5 Å². The number of nitrogens with zero attached hydrogens (tertiary/aromatic N) is 3. The Morgan fingerprint density at radius 2 is 1.88 bits per heavy atom. The Bertz CT molecular complexity index is 1110. The van der Waals surface area contributed by atoms with E-state index in [2.05, 4.69) is 21.2 Å². The van der Waals surface area contributed by atoms with Gasteiger partial charge in [-0.2, -0.15) is 0 Å². The average Bonchev–Trinajstić information content (AvgIpc) is 3.42. The lowest BCUT2D eigenvalue weighted by Gasteiger charge is -2.36. The fourth-order valence-corrected chi connectivity index (χ4v) is 5.50. The molecule has 3 heterocycles. The maximum atomic E-state index is 12.6. The molecule has 4 rings (SSSR count). The molecule has 1 fully saturated rings. The molecule has 182 valence electrons. The molecule has 2 aromatic rings. The van der Waals surface area contributed by atoms with E-state index in [4.69, 9.17) is 26.4 Å². The third-order valence-electron chi connectivity index (χ3n) is 5.86. The zero-order valence-electron chi connectivity index (χ0n) is 19.7. The first-order chi connectivity index (χ1) is 16.3. The molecule has 1 saturated heterocycles. The van der Waals surface area contributed by atoms with E-state index in [1.54, 1.807) is 21.0 Å². The summed E-state index contributed by atoms with van der Waals surface area (Å²) < 4.78 is 15.8. The van der Waals surface area contributed by atoms with Crippen LogP contribution < -0.4 is 14.8 Å². The second kappa shape index (κ2) is 10.2. The van der Waals surface area contributed by atoms with Crippen molar-refractivity contribution in [1.82, 2.24) is 14.7 Å². The van der Waals surface area contributed by atoms with Crippen LogP contribution in [0.15, 0.2) is 18.2 Å². The number of piperazine rings is 1. The van der Waals surface area contributed by atoms with E-state index < -0.39 is 5.97 Å². The number of ether oxygens (including phenoxy) is 3. The highest BCUT2D eigenvalue weighted by atomic mass is 32.1. The Morgan fingerprint density at radius 3 is 2.56 bits per heavy atom. The number of carbonyl (C=O) groups excluding carboxylic acids is 2. The molecule has 2 aliphatic rings. The van der Waals surface area contributed by atoms with Gasteiger partial charge in [0.25, 0.3) is 5.91 Å². The summed E-state index contributed by atoms with van der Waals surface area (Å²) in [5.41, 5.74) is 2.11. The predicted molar refractivity (Wildman–Crippen MR) is 134 cm³/mol. The fraction of sp³-hybridized carbons (Fsp3) is 0.435. The molecule has 0 spiro atoms. The molecule has 0 bridgehead atoms. The SMILES string of the molecule is COC(=O)c1c(NC(=S)N2CCN(Cc3ccc4c(c3)OCO4)CC2)sc(C(=O)N(C)C)c1C. The molecule has 1 aromatic carbocycles. The van der Waals surface area contributed by atoms with Crippen LogP contribution in [0.3, 0.4) is 0 Å². The lowest BCUT2D eigenvalue weighted by Crippen LogP contribution is -2.49.